The quantitative estimate of drug-likeness (QED) is 0.119. The smallest absolute Gasteiger partial charge is 0.252 e. The van der Waals surface area contributed by atoms with Crippen molar-refractivity contribution in [2.45, 2.75) is 0 Å². The second-order valence-electron chi connectivity index (χ2n) is 25.9. The normalized spacial score (nSPS) is 12.3. The van der Waals surface area contributed by atoms with Crippen LogP contribution in [0.4, 0.5) is 34.1 Å². The molecule has 101 heavy (non-hydrogen) atoms. The molecule has 0 saturated carbocycles. The highest BCUT2D eigenvalue weighted by Crippen LogP contribution is 2.46. The molecule has 0 saturated heterocycles. The lowest BCUT2D eigenvalue weighted by atomic mass is 9.33. The van der Waals surface area contributed by atoms with Crippen molar-refractivity contribution >= 4 is 101 Å². The Balaban J connectivity index is 0.759. The maximum Gasteiger partial charge on any atom is 0.252 e. The average molecular weight is 1290 g/mol. The van der Waals surface area contributed by atoms with E-state index < -0.39 is 0 Å². The number of benzene rings is 14. The predicted octanol–water partition coefficient (Wildman–Crippen LogP) is 20.6. The van der Waals surface area contributed by atoms with Crippen LogP contribution >= 0.6 is 0 Å². The van der Waals surface area contributed by atoms with E-state index in [9.17, 15) is 0 Å². The van der Waals surface area contributed by atoms with Crippen molar-refractivity contribution in [2.75, 3.05) is 9.80 Å². The van der Waals surface area contributed by atoms with Crippen molar-refractivity contribution in [2.24, 2.45) is 0 Å². The average Bonchev–Trinajstić information content (AvgIpc) is 1.53. The summed E-state index contributed by atoms with van der Waals surface area (Å²) in [4.78, 5) is 32.2. The molecule has 0 bridgehead atoms. The molecule has 0 atom stereocenters. The molecule has 18 aromatic rings. The molecule has 0 radical (unpaired) electrons. The Morgan fingerprint density at radius 1 is 0.218 bits per heavy atom. The van der Waals surface area contributed by atoms with Gasteiger partial charge in [0.2, 0.25) is 0 Å². The molecule has 4 aromatic heterocycles. The van der Waals surface area contributed by atoms with E-state index in [-0.39, 0.29) is 6.71 Å². The molecule has 0 N–H and O–H groups in total. The zero-order valence-electron chi connectivity index (χ0n) is 54.6. The van der Waals surface area contributed by atoms with Gasteiger partial charge in [-0.25, -0.2) is 24.9 Å². The van der Waals surface area contributed by atoms with Crippen LogP contribution in [0.15, 0.2) is 352 Å². The zero-order valence-corrected chi connectivity index (χ0v) is 54.6. The first-order chi connectivity index (χ1) is 50.1. The Bertz CT molecular complexity index is 6220. The molecule has 0 amide bonds. The summed E-state index contributed by atoms with van der Waals surface area (Å²) in [6.45, 7) is 0.0495. The standard InChI is InChI=1S/C91H58BN9/c1-6-26-60(27-7-1)76-57-77(61-28-8-2-9-29-61)94-90(93-76)65-52-53-80(101-79-43-21-17-39-70(79)72-56-71-69-38-16-20-42-78(69)98(85(71)58-86(72)101)66-33-12-4-13-34-66)73(55-65)91-96-88(62-30-10-3-11-31-62)95-89(97-91)63-50-48-59(49-51-63)64-32-24-37-68(54-64)100-82-45-23-19-41-75(82)92-74-40-18-22-44-81(74)99(67-35-14-5-15-36-67)83-46-25-47-84(100)87(83)92/h1-58H. The molecule has 0 spiro atoms. The number of hydrogen-bond acceptors (Lipinski definition) is 7. The Labute approximate surface area is 583 Å². The van der Waals surface area contributed by atoms with E-state index in [2.05, 4.69) is 340 Å². The lowest BCUT2D eigenvalue weighted by Crippen LogP contribution is -2.61. The third-order valence-electron chi connectivity index (χ3n) is 20.2. The first-order valence-electron chi connectivity index (χ1n) is 34.3. The van der Waals surface area contributed by atoms with E-state index >= 15 is 0 Å². The molecule has 6 heterocycles. The van der Waals surface area contributed by atoms with Crippen molar-refractivity contribution in [1.82, 2.24) is 34.1 Å². The van der Waals surface area contributed by atoms with Crippen LogP contribution < -0.4 is 26.2 Å². The summed E-state index contributed by atoms with van der Waals surface area (Å²) >= 11 is 0. The minimum Gasteiger partial charge on any atom is -0.311 e. The monoisotopic (exact) mass is 1290 g/mol. The number of aromatic nitrogens is 7. The number of nitrogens with zero attached hydrogens (tertiary/aromatic N) is 9. The molecule has 14 aromatic carbocycles. The van der Waals surface area contributed by atoms with Gasteiger partial charge in [0.15, 0.2) is 23.3 Å². The first-order valence-corrected chi connectivity index (χ1v) is 34.3. The van der Waals surface area contributed by atoms with E-state index in [1.807, 2.05) is 30.3 Å². The number of fused-ring (bicyclic) bond motifs is 10. The van der Waals surface area contributed by atoms with Gasteiger partial charge in [0.1, 0.15) is 0 Å². The van der Waals surface area contributed by atoms with Crippen LogP contribution in [0, 0.1) is 0 Å². The highest BCUT2D eigenvalue weighted by atomic mass is 15.2. The Hall–Kier alpha value is -13.6. The first kappa shape index (κ1) is 57.7. The fourth-order valence-corrected chi connectivity index (χ4v) is 15.6. The van der Waals surface area contributed by atoms with Crippen LogP contribution in [0.25, 0.3) is 134 Å². The Morgan fingerprint density at radius 2 is 0.644 bits per heavy atom. The lowest BCUT2D eigenvalue weighted by Gasteiger charge is -2.44. The van der Waals surface area contributed by atoms with Crippen molar-refractivity contribution in [3.63, 3.8) is 0 Å². The summed E-state index contributed by atoms with van der Waals surface area (Å²) in [5, 5.41) is 4.63. The molecule has 2 aliphatic heterocycles. The van der Waals surface area contributed by atoms with Gasteiger partial charge in [-0.05, 0) is 137 Å². The summed E-state index contributed by atoms with van der Waals surface area (Å²) < 4.78 is 4.78. The molecule has 0 unspecified atom stereocenters. The van der Waals surface area contributed by atoms with Gasteiger partial charge in [0.25, 0.3) is 6.71 Å². The third-order valence-corrected chi connectivity index (χ3v) is 20.2. The Kier molecular flexibility index (Phi) is 13.5. The molecular formula is C91H58BN9. The van der Waals surface area contributed by atoms with Crippen LogP contribution in [0.1, 0.15) is 0 Å². The van der Waals surface area contributed by atoms with E-state index in [0.717, 1.165) is 117 Å². The summed E-state index contributed by atoms with van der Waals surface area (Å²) in [6.07, 6.45) is 0. The van der Waals surface area contributed by atoms with Crippen molar-refractivity contribution in [3.8, 4) is 90.6 Å². The molecule has 470 valence electrons. The number of hydrogen-bond donors (Lipinski definition) is 0. The molecule has 0 aliphatic carbocycles. The van der Waals surface area contributed by atoms with Crippen LogP contribution in [0.2, 0.25) is 0 Å². The molecule has 9 nitrogen and oxygen atoms in total. The maximum absolute atomic E-state index is 5.62. The largest absolute Gasteiger partial charge is 0.311 e. The zero-order chi connectivity index (χ0) is 66.5. The molecule has 20 rings (SSSR count). The summed E-state index contributed by atoms with van der Waals surface area (Å²) in [5.41, 5.74) is 26.1. The molecular weight excluding hydrogens is 1230 g/mol. The summed E-state index contributed by atoms with van der Waals surface area (Å²) in [7, 11) is 0. The molecule has 10 heteroatoms. The van der Waals surface area contributed by atoms with Gasteiger partial charge in [0.05, 0.1) is 39.1 Å². The van der Waals surface area contributed by atoms with E-state index in [1.54, 1.807) is 0 Å². The minimum absolute atomic E-state index is 0.0495. The number of para-hydroxylation sites is 6. The molecule has 0 fully saturated rings. The second kappa shape index (κ2) is 23.6. The Morgan fingerprint density at radius 3 is 1.26 bits per heavy atom. The maximum atomic E-state index is 5.62. The van der Waals surface area contributed by atoms with Gasteiger partial charge in [-0.2, -0.15) is 0 Å². The van der Waals surface area contributed by atoms with Crippen LogP contribution in [-0.4, -0.2) is 40.8 Å². The lowest BCUT2D eigenvalue weighted by molar-refractivity contribution is 1.06. The van der Waals surface area contributed by atoms with E-state index in [1.165, 1.54) is 44.2 Å². The SMILES string of the molecule is c1ccc(-c2cc(-c3ccccc3)nc(-c3ccc(-n4c5ccccc5c5cc6c7ccccc7n(-c7ccccc7)c6cc54)c(-c4nc(-c5ccccc5)nc(-c5ccc(-c6cccc(N7c8ccccc8B8c9ccccc9N(c9ccccc9)c9cccc7c98)c6)cc5)n4)c3)n2)cc1. The van der Waals surface area contributed by atoms with Gasteiger partial charge in [0, 0.05) is 94.7 Å². The highest BCUT2D eigenvalue weighted by Gasteiger charge is 2.43. The summed E-state index contributed by atoms with van der Waals surface area (Å²) in [5.74, 6) is 2.16. The van der Waals surface area contributed by atoms with Gasteiger partial charge in [-0.3, -0.25) is 0 Å². The second-order valence-corrected chi connectivity index (χ2v) is 25.9. The number of anilines is 6. The van der Waals surface area contributed by atoms with Crippen molar-refractivity contribution in [3.05, 3.63) is 352 Å². The van der Waals surface area contributed by atoms with Gasteiger partial charge in [-0.15, -0.1) is 0 Å². The van der Waals surface area contributed by atoms with Crippen LogP contribution in [-0.2, 0) is 0 Å². The van der Waals surface area contributed by atoms with Gasteiger partial charge in [-0.1, -0.05) is 243 Å². The number of rotatable bonds is 11. The van der Waals surface area contributed by atoms with E-state index in [4.69, 9.17) is 24.9 Å². The predicted molar refractivity (Wildman–Crippen MR) is 416 cm³/mol. The van der Waals surface area contributed by atoms with Crippen LogP contribution in [0.5, 0.6) is 0 Å². The van der Waals surface area contributed by atoms with Crippen molar-refractivity contribution < 1.29 is 0 Å². The van der Waals surface area contributed by atoms with Gasteiger partial charge < -0.3 is 18.9 Å². The van der Waals surface area contributed by atoms with E-state index in [0.29, 0.717) is 23.3 Å². The highest BCUT2D eigenvalue weighted by molar-refractivity contribution is 7.00. The topological polar surface area (TPSA) is 80.8 Å². The fourth-order valence-electron chi connectivity index (χ4n) is 15.6. The van der Waals surface area contributed by atoms with Crippen molar-refractivity contribution in [1.29, 1.82) is 0 Å². The van der Waals surface area contributed by atoms with Gasteiger partial charge >= 0.3 is 0 Å². The minimum atomic E-state index is 0.0495. The third kappa shape index (κ3) is 9.59. The fraction of sp³-hybridized carbons (Fsp3) is 0. The summed E-state index contributed by atoms with van der Waals surface area (Å²) in [6, 6.07) is 125. The van der Waals surface area contributed by atoms with Crippen LogP contribution in [0.3, 0.4) is 0 Å². The molecule has 2 aliphatic rings.